The fourth-order valence-electron chi connectivity index (χ4n) is 2.17. The first-order valence-corrected chi connectivity index (χ1v) is 7.40. The van der Waals surface area contributed by atoms with Crippen LogP contribution in [0.3, 0.4) is 0 Å². The molecule has 0 saturated heterocycles. The zero-order valence-corrected chi connectivity index (χ0v) is 12.8. The van der Waals surface area contributed by atoms with Crippen LogP contribution in [-0.4, -0.2) is 37.6 Å². The average Bonchev–Trinajstić information content (AvgIpc) is 2.54. The van der Waals surface area contributed by atoms with Crippen molar-refractivity contribution in [3.05, 3.63) is 49.1 Å². The van der Waals surface area contributed by atoms with Crippen molar-refractivity contribution >= 4 is 10.8 Å². The zero-order chi connectivity index (χ0) is 15.8. The highest BCUT2D eigenvalue weighted by molar-refractivity contribution is 5.93. The molecule has 0 radical (unpaired) electrons. The van der Waals surface area contributed by atoms with Gasteiger partial charge in [-0.25, -0.2) is 0 Å². The normalized spacial score (nSPS) is 12.1. The number of ether oxygens (including phenoxy) is 3. The Hall–Kier alpha value is -2.04. The van der Waals surface area contributed by atoms with Crippen LogP contribution in [0.25, 0.3) is 10.8 Å². The molecule has 0 spiro atoms. The minimum Gasteiger partial charge on any atom is -0.493 e. The number of hydrogen-bond acceptors (Lipinski definition) is 4. The SMILES string of the molecule is C=CCOCC(O)COc1ccc(OCC)c2ccccc12. The van der Waals surface area contributed by atoms with Crippen LogP contribution in [0.4, 0.5) is 0 Å². The summed E-state index contributed by atoms with van der Waals surface area (Å²) in [5.74, 6) is 1.56. The molecule has 2 aromatic carbocycles. The van der Waals surface area contributed by atoms with Gasteiger partial charge in [-0.2, -0.15) is 0 Å². The lowest BCUT2D eigenvalue weighted by molar-refractivity contribution is 0.0217. The van der Waals surface area contributed by atoms with Crippen LogP contribution in [0.5, 0.6) is 11.5 Å². The van der Waals surface area contributed by atoms with Crippen molar-refractivity contribution < 1.29 is 19.3 Å². The fourth-order valence-corrected chi connectivity index (χ4v) is 2.17. The molecule has 0 amide bonds. The predicted molar refractivity (Wildman–Crippen MR) is 87.6 cm³/mol. The third kappa shape index (κ3) is 4.23. The molecule has 2 rings (SSSR count). The summed E-state index contributed by atoms with van der Waals surface area (Å²) in [6, 6.07) is 11.7. The summed E-state index contributed by atoms with van der Waals surface area (Å²) >= 11 is 0. The Bertz CT molecular complexity index is 609. The molecule has 0 bridgehead atoms. The van der Waals surface area contributed by atoms with E-state index in [1.807, 2.05) is 43.3 Å². The van der Waals surface area contributed by atoms with Gasteiger partial charge in [0.25, 0.3) is 0 Å². The molecule has 0 aliphatic carbocycles. The average molecular weight is 302 g/mol. The molecule has 1 atom stereocenters. The Morgan fingerprint density at radius 1 is 1.05 bits per heavy atom. The number of fused-ring (bicyclic) bond motifs is 1. The Balaban J connectivity index is 2.08. The molecule has 0 fully saturated rings. The van der Waals surface area contributed by atoms with Crippen LogP contribution < -0.4 is 9.47 Å². The van der Waals surface area contributed by atoms with Crippen molar-refractivity contribution in [1.29, 1.82) is 0 Å². The fraction of sp³-hybridized carbons (Fsp3) is 0.333. The highest BCUT2D eigenvalue weighted by Crippen LogP contribution is 2.33. The van der Waals surface area contributed by atoms with Crippen LogP contribution in [0, 0.1) is 0 Å². The summed E-state index contributed by atoms with van der Waals surface area (Å²) in [5.41, 5.74) is 0. The lowest BCUT2D eigenvalue weighted by atomic mass is 10.1. The van der Waals surface area contributed by atoms with Crippen LogP contribution in [0.1, 0.15) is 6.92 Å². The second-order valence-corrected chi connectivity index (χ2v) is 4.83. The van der Waals surface area contributed by atoms with Crippen LogP contribution in [0.2, 0.25) is 0 Å². The van der Waals surface area contributed by atoms with Crippen LogP contribution in [0.15, 0.2) is 49.1 Å². The summed E-state index contributed by atoms with van der Waals surface area (Å²) in [4.78, 5) is 0. The molecule has 118 valence electrons. The molecule has 0 aliphatic heterocycles. The van der Waals surface area contributed by atoms with E-state index in [0.29, 0.717) is 13.2 Å². The van der Waals surface area contributed by atoms with Crippen molar-refractivity contribution in [2.45, 2.75) is 13.0 Å². The summed E-state index contributed by atoms with van der Waals surface area (Å²) in [7, 11) is 0. The molecular weight excluding hydrogens is 280 g/mol. The van der Waals surface area contributed by atoms with E-state index in [1.165, 1.54) is 0 Å². The lowest BCUT2D eigenvalue weighted by Crippen LogP contribution is -2.23. The second-order valence-electron chi connectivity index (χ2n) is 4.83. The second kappa shape index (κ2) is 8.41. The van der Waals surface area contributed by atoms with Gasteiger partial charge in [-0.05, 0) is 19.1 Å². The smallest absolute Gasteiger partial charge is 0.127 e. The Morgan fingerprint density at radius 2 is 1.68 bits per heavy atom. The first kappa shape index (κ1) is 16.3. The Morgan fingerprint density at radius 3 is 2.27 bits per heavy atom. The van der Waals surface area contributed by atoms with E-state index in [-0.39, 0.29) is 13.2 Å². The molecule has 22 heavy (non-hydrogen) atoms. The van der Waals surface area contributed by atoms with Crippen molar-refractivity contribution in [3.63, 3.8) is 0 Å². The molecule has 0 aromatic heterocycles. The maximum Gasteiger partial charge on any atom is 0.127 e. The van der Waals surface area contributed by atoms with E-state index in [4.69, 9.17) is 14.2 Å². The number of hydrogen-bond donors (Lipinski definition) is 1. The quantitative estimate of drug-likeness (QED) is 0.571. The van der Waals surface area contributed by atoms with Gasteiger partial charge in [0, 0.05) is 10.8 Å². The number of aliphatic hydroxyl groups is 1. The van der Waals surface area contributed by atoms with Gasteiger partial charge in [-0.15, -0.1) is 6.58 Å². The van der Waals surface area contributed by atoms with Crippen molar-refractivity contribution in [3.8, 4) is 11.5 Å². The topological polar surface area (TPSA) is 47.9 Å². The highest BCUT2D eigenvalue weighted by atomic mass is 16.5. The molecular formula is C18H22O4. The number of benzene rings is 2. The maximum absolute atomic E-state index is 9.84. The van der Waals surface area contributed by atoms with Gasteiger partial charge in [-0.1, -0.05) is 30.3 Å². The van der Waals surface area contributed by atoms with Gasteiger partial charge in [0.15, 0.2) is 0 Å². The van der Waals surface area contributed by atoms with Gasteiger partial charge < -0.3 is 19.3 Å². The van der Waals surface area contributed by atoms with E-state index in [2.05, 4.69) is 6.58 Å². The molecule has 2 aromatic rings. The van der Waals surface area contributed by atoms with Crippen LogP contribution in [-0.2, 0) is 4.74 Å². The van der Waals surface area contributed by atoms with Crippen molar-refractivity contribution in [2.24, 2.45) is 0 Å². The molecule has 1 unspecified atom stereocenters. The molecule has 4 nitrogen and oxygen atoms in total. The molecule has 1 N–H and O–H groups in total. The summed E-state index contributed by atoms with van der Waals surface area (Å²) in [6.07, 6.45) is 0.971. The summed E-state index contributed by atoms with van der Waals surface area (Å²) in [5, 5.41) is 11.8. The highest BCUT2D eigenvalue weighted by Gasteiger charge is 2.10. The van der Waals surface area contributed by atoms with Crippen molar-refractivity contribution in [1.82, 2.24) is 0 Å². The summed E-state index contributed by atoms with van der Waals surface area (Å²) in [6.45, 7) is 6.95. The van der Waals surface area contributed by atoms with E-state index in [1.54, 1.807) is 6.08 Å². The lowest BCUT2D eigenvalue weighted by Gasteiger charge is -2.15. The third-order valence-corrected chi connectivity index (χ3v) is 3.12. The number of aliphatic hydroxyl groups excluding tert-OH is 1. The first-order valence-electron chi connectivity index (χ1n) is 7.40. The molecule has 0 aliphatic rings. The monoisotopic (exact) mass is 302 g/mol. The van der Waals surface area contributed by atoms with Gasteiger partial charge in [0.1, 0.15) is 24.2 Å². The van der Waals surface area contributed by atoms with Gasteiger partial charge in [-0.3, -0.25) is 0 Å². The largest absolute Gasteiger partial charge is 0.493 e. The minimum absolute atomic E-state index is 0.176. The number of rotatable bonds is 9. The summed E-state index contributed by atoms with van der Waals surface area (Å²) < 4.78 is 16.6. The molecule has 0 heterocycles. The van der Waals surface area contributed by atoms with Gasteiger partial charge in [0.05, 0.1) is 19.8 Å². The van der Waals surface area contributed by atoms with Crippen molar-refractivity contribution in [2.75, 3.05) is 26.4 Å². The van der Waals surface area contributed by atoms with E-state index in [0.717, 1.165) is 22.3 Å². The van der Waals surface area contributed by atoms with E-state index in [9.17, 15) is 5.11 Å². The van der Waals surface area contributed by atoms with Gasteiger partial charge in [0.2, 0.25) is 0 Å². The molecule has 4 heteroatoms. The van der Waals surface area contributed by atoms with Crippen LogP contribution >= 0.6 is 0 Å². The minimum atomic E-state index is -0.676. The third-order valence-electron chi connectivity index (χ3n) is 3.12. The Labute approximate surface area is 130 Å². The first-order chi connectivity index (χ1) is 10.8. The predicted octanol–water partition coefficient (Wildman–Crippen LogP) is 3.18. The molecule has 0 saturated carbocycles. The van der Waals surface area contributed by atoms with Gasteiger partial charge >= 0.3 is 0 Å². The Kier molecular flexibility index (Phi) is 6.25. The zero-order valence-electron chi connectivity index (χ0n) is 12.8. The standard InChI is InChI=1S/C18H22O4/c1-3-11-20-12-14(19)13-22-18-10-9-17(21-4-2)15-7-5-6-8-16(15)18/h3,5-10,14,19H,1,4,11-13H2,2H3. The van der Waals surface area contributed by atoms with E-state index >= 15 is 0 Å². The maximum atomic E-state index is 9.84. The van der Waals surface area contributed by atoms with E-state index < -0.39 is 6.10 Å².